The van der Waals surface area contributed by atoms with Gasteiger partial charge in [-0.25, -0.2) is 4.79 Å². The summed E-state index contributed by atoms with van der Waals surface area (Å²) >= 11 is 3.03. The lowest BCUT2D eigenvalue weighted by atomic mass is 10.0. The Hall–Kier alpha value is -1.71. The SMILES string of the molecule is CCCC=O.CCN(C)C1=NN(C(=O)O)C(CCNSC)(c2ccccc2)S1. The number of carboxylic acid groups (broad SMARTS) is 1. The summed E-state index contributed by atoms with van der Waals surface area (Å²) < 4.78 is 3.21. The maximum Gasteiger partial charge on any atom is 0.429 e. The minimum atomic E-state index is -1.04. The molecule has 1 atom stereocenters. The average Bonchev–Trinajstić information content (AvgIpc) is 3.11. The molecule has 0 fully saturated rings. The summed E-state index contributed by atoms with van der Waals surface area (Å²) in [5, 5.41) is 16.0. The zero-order valence-electron chi connectivity index (χ0n) is 16.9. The molecule has 9 heteroatoms. The fraction of sp³-hybridized carbons (Fsp3) is 0.526. The van der Waals surface area contributed by atoms with E-state index in [9.17, 15) is 14.7 Å². The number of amidine groups is 1. The first kappa shape index (κ1) is 24.3. The summed E-state index contributed by atoms with van der Waals surface area (Å²) in [7, 11) is 1.92. The maximum absolute atomic E-state index is 11.8. The molecule has 156 valence electrons. The summed E-state index contributed by atoms with van der Waals surface area (Å²) in [6, 6.07) is 9.73. The Balaban J connectivity index is 0.000000696. The molecular weight excluding hydrogens is 396 g/mol. The van der Waals surface area contributed by atoms with E-state index in [-0.39, 0.29) is 0 Å². The first-order valence-electron chi connectivity index (χ1n) is 9.23. The van der Waals surface area contributed by atoms with Gasteiger partial charge in [-0.3, -0.25) is 4.72 Å². The molecule has 2 N–H and O–H groups in total. The molecule has 0 saturated heterocycles. The van der Waals surface area contributed by atoms with Crippen LogP contribution in [0.15, 0.2) is 35.4 Å². The first-order valence-corrected chi connectivity index (χ1v) is 11.3. The first-order chi connectivity index (χ1) is 13.5. The Morgan fingerprint density at radius 2 is 2.07 bits per heavy atom. The summed E-state index contributed by atoms with van der Waals surface area (Å²) in [5.41, 5.74) is 0.943. The van der Waals surface area contributed by atoms with Gasteiger partial charge in [0.1, 0.15) is 11.2 Å². The van der Waals surface area contributed by atoms with Gasteiger partial charge in [-0.05, 0) is 25.2 Å². The molecule has 1 amide bonds. The summed E-state index contributed by atoms with van der Waals surface area (Å²) in [6.45, 7) is 5.46. The van der Waals surface area contributed by atoms with Gasteiger partial charge in [-0.15, -0.1) is 5.10 Å². The molecule has 1 aromatic carbocycles. The van der Waals surface area contributed by atoms with Crippen LogP contribution in [0, 0.1) is 0 Å². The van der Waals surface area contributed by atoms with Crippen LogP contribution in [0.5, 0.6) is 0 Å². The van der Waals surface area contributed by atoms with E-state index in [0.717, 1.165) is 30.0 Å². The standard InChI is InChI=1S/C15H22N4O2S2.C4H8O/c1-4-18(2)13-17-19(14(20)21)15(23-13,10-11-16-22-3)12-8-6-5-7-9-12;1-2-3-4-5/h5-9,16H,4,10-11H2,1-3H3,(H,20,21);4H,2-3H2,1H3. The number of benzene rings is 1. The number of hydrazone groups is 1. The third-order valence-corrected chi connectivity index (χ3v) is 6.13. The van der Waals surface area contributed by atoms with Crippen LogP contribution in [0.4, 0.5) is 4.79 Å². The van der Waals surface area contributed by atoms with Crippen molar-refractivity contribution in [3.8, 4) is 0 Å². The molecule has 0 radical (unpaired) electrons. The van der Waals surface area contributed by atoms with Crippen molar-refractivity contribution >= 4 is 41.3 Å². The number of aldehydes is 1. The van der Waals surface area contributed by atoms with Crippen molar-refractivity contribution in [2.75, 3.05) is 26.4 Å². The number of nitrogens with zero attached hydrogens (tertiary/aromatic N) is 3. The van der Waals surface area contributed by atoms with E-state index in [1.165, 1.54) is 28.7 Å². The van der Waals surface area contributed by atoms with Crippen molar-refractivity contribution in [3.05, 3.63) is 35.9 Å². The minimum absolute atomic E-state index is 0.624. The molecule has 1 heterocycles. The van der Waals surface area contributed by atoms with Gasteiger partial charge in [0, 0.05) is 33.0 Å². The topological polar surface area (TPSA) is 85.2 Å². The van der Waals surface area contributed by atoms with Crippen LogP contribution in [0.2, 0.25) is 0 Å². The molecular formula is C19H30N4O3S2. The van der Waals surface area contributed by atoms with Crippen molar-refractivity contribution < 1.29 is 14.7 Å². The van der Waals surface area contributed by atoms with Crippen LogP contribution in [0.1, 0.15) is 38.7 Å². The number of nitrogens with one attached hydrogen (secondary N) is 1. The normalized spacial score (nSPS) is 18.1. The van der Waals surface area contributed by atoms with Gasteiger partial charge in [0.25, 0.3) is 0 Å². The molecule has 0 bridgehead atoms. The number of amides is 1. The van der Waals surface area contributed by atoms with Gasteiger partial charge in [-0.1, -0.05) is 61.0 Å². The molecule has 2 rings (SSSR count). The number of thioether (sulfide) groups is 1. The Labute approximate surface area is 176 Å². The molecule has 1 aliphatic heterocycles. The van der Waals surface area contributed by atoms with Gasteiger partial charge in [0.15, 0.2) is 5.17 Å². The fourth-order valence-corrected chi connectivity index (χ4v) is 4.17. The van der Waals surface area contributed by atoms with Crippen molar-refractivity contribution in [1.29, 1.82) is 0 Å². The summed E-state index contributed by atoms with van der Waals surface area (Å²) in [5.74, 6) is 0. The predicted octanol–water partition coefficient (Wildman–Crippen LogP) is 4.03. The number of unbranched alkanes of at least 4 members (excludes halogenated alkanes) is 1. The minimum Gasteiger partial charge on any atom is -0.464 e. The summed E-state index contributed by atoms with van der Waals surface area (Å²) in [4.78, 5) is 22.5. The van der Waals surface area contributed by atoms with E-state index in [2.05, 4.69) is 9.82 Å². The highest BCUT2D eigenvalue weighted by Gasteiger charge is 2.49. The van der Waals surface area contributed by atoms with E-state index >= 15 is 0 Å². The molecule has 28 heavy (non-hydrogen) atoms. The number of hydrogen-bond acceptors (Lipinski definition) is 7. The Bertz CT molecular complexity index is 645. The van der Waals surface area contributed by atoms with E-state index < -0.39 is 11.0 Å². The van der Waals surface area contributed by atoms with Gasteiger partial charge in [0.2, 0.25) is 0 Å². The monoisotopic (exact) mass is 426 g/mol. The summed E-state index contributed by atoms with van der Waals surface area (Å²) in [6.07, 6.45) is 4.16. The lowest BCUT2D eigenvalue weighted by Gasteiger charge is -2.34. The molecule has 1 aromatic rings. The van der Waals surface area contributed by atoms with Gasteiger partial charge in [-0.2, -0.15) is 5.01 Å². The molecule has 7 nitrogen and oxygen atoms in total. The van der Waals surface area contributed by atoms with Gasteiger partial charge < -0.3 is 14.8 Å². The Kier molecular flexibility index (Phi) is 11.0. The largest absolute Gasteiger partial charge is 0.464 e. The molecule has 1 aliphatic rings. The lowest BCUT2D eigenvalue weighted by Crippen LogP contribution is -2.42. The van der Waals surface area contributed by atoms with Crippen molar-refractivity contribution in [1.82, 2.24) is 14.6 Å². The highest BCUT2D eigenvalue weighted by molar-refractivity contribution is 8.14. The van der Waals surface area contributed by atoms with E-state index in [0.29, 0.717) is 19.4 Å². The second-order valence-electron chi connectivity index (χ2n) is 6.05. The van der Waals surface area contributed by atoms with Crippen molar-refractivity contribution in [2.45, 2.75) is 38.0 Å². The lowest BCUT2D eigenvalue weighted by molar-refractivity contribution is -0.107. The average molecular weight is 427 g/mol. The van der Waals surface area contributed by atoms with Crippen LogP contribution in [0.25, 0.3) is 0 Å². The molecule has 0 aliphatic carbocycles. The molecule has 0 saturated carbocycles. The zero-order valence-corrected chi connectivity index (χ0v) is 18.6. The fourth-order valence-electron chi connectivity index (χ4n) is 2.49. The van der Waals surface area contributed by atoms with E-state index in [4.69, 9.17) is 0 Å². The molecule has 1 unspecified atom stereocenters. The zero-order chi connectivity index (χ0) is 21.0. The second kappa shape index (κ2) is 12.7. The number of rotatable bonds is 8. The van der Waals surface area contributed by atoms with Crippen molar-refractivity contribution in [2.24, 2.45) is 5.10 Å². The highest BCUT2D eigenvalue weighted by Crippen LogP contribution is 2.48. The Morgan fingerprint density at radius 3 is 2.54 bits per heavy atom. The van der Waals surface area contributed by atoms with Crippen LogP contribution in [0.3, 0.4) is 0 Å². The Morgan fingerprint density at radius 1 is 1.39 bits per heavy atom. The number of carbonyl (C=O) groups is 2. The number of hydrogen-bond donors (Lipinski definition) is 2. The van der Waals surface area contributed by atoms with E-state index in [1.807, 2.05) is 62.4 Å². The van der Waals surface area contributed by atoms with E-state index in [1.54, 1.807) is 0 Å². The highest BCUT2D eigenvalue weighted by atomic mass is 32.2. The molecule has 0 aromatic heterocycles. The van der Waals surface area contributed by atoms with Crippen LogP contribution < -0.4 is 4.72 Å². The van der Waals surface area contributed by atoms with Crippen LogP contribution in [-0.2, 0) is 9.67 Å². The third kappa shape index (κ3) is 6.42. The van der Waals surface area contributed by atoms with Crippen LogP contribution >= 0.6 is 23.7 Å². The number of carbonyl (C=O) groups excluding carboxylic acids is 1. The van der Waals surface area contributed by atoms with Crippen LogP contribution in [-0.4, -0.2) is 59.0 Å². The smallest absolute Gasteiger partial charge is 0.429 e. The van der Waals surface area contributed by atoms with Crippen molar-refractivity contribution in [3.63, 3.8) is 0 Å². The van der Waals surface area contributed by atoms with Gasteiger partial charge >= 0.3 is 6.09 Å². The van der Waals surface area contributed by atoms with Gasteiger partial charge in [0.05, 0.1) is 0 Å². The quantitative estimate of drug-likeness (QED) is 0.369. The predicted molar refractivity (Wildman–Crippen MR) is 118 cm³/mol. The third-order valence-electron chi connectivity index (χ3n) is 4.11. The second-order valence-corrected chi connectivity index (χ2v) is 7.99. The molecule has 0 spiro atoms. The maximum atomic E-state index is 11.8.